The second-order valence-corrected chi connectivity index (χ2v) is 16.1. The fraction of sp³-hybridized carbons (Fsp3) is 0. The Morgan fingerprint density at radius 1 is 0.274 bits per heavy atom. The summed E-state index contributed by atoms with van der Waals surface area (Å²) < 4.78 is 2.38. The molecule has 290 valence electrons. The minimum Gasteiger partial charge on any atom is -0.310 e. The van der Waals surface area contributed by atoms with Crippen molar-refractivity contribution in [2.75, 3.05) is 4.90 Å². The highest BCUT2D eigenvalue weighted by Gasteiger charge is 2.20. The van der Waals surface area contributed by atoms with E-state index in [1.54, 1.807) is 0 Å². The van der Waals surface area contributed by atoms with Gasteiger partial charge in [0.25, 0.3) is 0 Å². The summed E-state index contributed by atoms with van der Waals surface area (Å²) in [5.74, 6) is 0. The Hall–Kier alpha value is -8.20. The van der Waals surface area contributed by atoms with Crippen molar-refractivity contribution in [3.8, 4) is 39.1 Å². The molecule has 0 aliphatic carbocycles. The fourth-order valence-corrected chi connectivity index (χ4v) is 9.61. The fourth-order valence-electron chi connectivity index (χ4n) is 9.61. The number of hydrogen-bond acceptors (Lipinski definition) is 1. The molecule has 1 heterocycles. The van der Waals surface area contributed by atoms with Crippen LogP contribution in [0.1, 0.15) is 0 Å². The van der Waals surface area contributed by atoms with Crippen LogP contribution in [0.15, 0.2) is 243 Å². The molecule has 12 aromatic rings. The van der Waals surface area contributed by atoms with Gasteiger partial charge in [-0.05, 0) is 127 Å². The van der Waals surface area contributed by atoms with E-state index >= 15 is 0 Å². The Kier molecular flexibility index (Phi) is 8.53. The summed E-state index contributed by atoms with van der Waals surface area (Å²) in [5.41, 5.74) is 13.9. The smallest absolute Gasteiger partial charge is 0.0541 e. The summed E-state index contributed by atoms with van der Waals surface area (Å²) in [5, 5.41) is 10.0. The molecule has 0 radical (unpaired) electrons. The van der Waals surface area contributed by atoms with Crippen molar-refractivity contribution in [3.63, 3.8) is 0 Å². The van der Waals surface area contributed by atoms with Crippen LogP contribution in [0.25, 0.3) is 93.2 Å². The van der Waals surface area contributed by atoms with Crippen LogP contribution in [-0.4, -0.2) is 4.57 Å². The molecule has 0 aliphatic rings. The maximum absolute atomic E-state index is 2.43. The van der Waals surface area contributed by atoms with Gasteiger partial charge in [0.2, 0.25) is 0 Å². The van der Waals surface area contributed by atoms with Crippen LogP contribution >= 0.6 is 0 Å². The molecule has 0 unspecified atom stereocenters. The van der Waals surface area contributed by atoms with Crippen LogP contribution in [0.4, 0.5) is 17.1 Å². The van der Waals surface area contributed by atoms with E-state index in [0.717, 1.165) is 28.3 Å². The lowest BCUT2D eigenvalue weighted by Gasteiger charge is -2.28. The van der Waals surface area contributed by atoms with Gasteiger partial charge < -0.3 is 9.47 Å². The Balaban J connectivity index is 1.02. The number of fused-ring (bicyclic) bond motifs is 7. The van der Waals surface area contributed by atoms with Crippen LogP contribution in [-0.2, 0) is 0 Å². The first-order valence-corrected chi connectivity index (χ1v) is 21.3. The third-order valence-electron chi connectivity index (χ3n) is 12.6. The maximum Gasteiger partial charge on any atom is 0.0541 e. The molecule has 2 heteroatoms. The summed E-state index contributed by atoms with van der Waals surface area (Å²) in [4.78, 5) is 2.43. The molecule has 0 amide bonds. The zero-order chi connectivity index (χ0) is 41.0. The minimum atomic E-state index is 1.09. The van der Waals surface area contributed by atoms with Crippen LogP contribution in [0.2, 0.25) is 0 Å². The van der Waals surface area contributed by atoms with Gasteiger partial charge >= 0.3 is 0 Å². The number of para-hydroxylation sites is 3. The number of anilines is 3. The highest BCUT2D eigenvalue weighted by molar-refractivity contribution is 6.13. The van der Waals surface area contributed by atoms with Gasteiger partial charge in [0.15, 0.2) is 0 Å². The van der Waals surface area contributed by atoms with Crippen LogP contribution in [0, 0.1) is 0 Å². The van der Waals surface area contributed by atoms with Gasteiger partial charge in [-0.1, -0.05) is 176 Å². The van der Waals surface area contributed by atoms with Gasteiger partial charge in [0.1, 0.15) is 0 Å². The Morgan fingerprint density at radius 3 is 1.79 bits per heavy atom. The summed E-state index contributed by atoms with van der Waals surface area (Å²) in [6.45, 7) is 0. The molecule has 62 heavy (non-hydrogen) atoms. The largest absolute Gasteiger partial charge is 0.310 e. The zero-order valence-electron chi connectivity index (χ0n) is 34.0. The first kappa shape index (κ1) is 35.7. The van der Waals surface area contributed by atoms with Crippen molar-refractivity contribution in [3.05, 3.63) is 243 Å². The van der Waals surface area contributed by atoms with Crippen molar-refractivity contribution in [1.29, 1.82) is 0 Å². The molecule has 0 saturated carbocycles. The molecular formula is C60H40N2. The average molecular weight is 789 g/mol. The lowest BCUT2D eigenvalue weighted by atomic mass is 9.94. The van der Waals surface area contributed by atoms with Gasteiger partial charge in [-0.3, -0.25) is 0 Å². The molecule has 2 nitrogen and oxygen atoms in total. The predicted molar refractivity (Wildman–Crippen MR) is 264 cm³/mol. The number of nitrogens with zero attached hydrogens (tertiary/aromatic N) is 2. The van der Waals surface area contributed by atoms with E-state index in [-0.39, 0.29) is 0 Å². The molecule has 12 rings (SSSR count). The highest BCUT2D eigenvalue weighted by Crippen LogP contribution is 2.44. The number of rotatable bonds is 7. The molecule has 1 aromatic heterocycles. The van der Waals surface area contributed by atoms with E-state index in [1.807, 2.05) is 0 Å². The SMILES string of the molecule is c1ccc(-n2c3ccccc3c3cc(-c4ccccc4N(c4ccc(-c5cccc6c5ccc5ccccc56)cc4)c4cccc(-c5ccc6ccccc6c5)c4)ccc32)cc1. The monoisotopic (exact) mass is 788 g/mol. The lowest BCUT2D eigenvalue weighted by Crippen LogP contribution is -2.11. The predicted octanol–water partition coefficient (Wildman–Crippen LogP) is 16.7. The number of aromatic nitrogens is 1. The second-order valence-electron chi connectivity index (χ2n) is 16.1. The summed E-state index contributed by atoms with van der Waals surface area (Å²) in [6.07, 6.45) is 0. The molecule has 0 saturated heterocycles. The van der Waals surface area contributed by atoms with Crippen molar-refractivity contribution < 1.29 is 0 Å². The Morgan fingerprint density at radius 2 is 0.903 bits per heavy atom. The molecule has 11 aromatic carbocycles. The number of benzene rings is 11. The van der Waals surface area contributed by atoms with Gasteiger partial charge in [-0.15, -0.1) is 0 Å². The van der Waals surface area contributed by atoms with Crippen molar-refractivity contribution in [2.24, 2.45) is 0 Å². The normalized spacial score (nSPS) is 11.5. The maximum atomic E-state index is 2.43. The first-order valence-electron chi connectivity index (χ1n) is 21.3. The minimum absolute atomic E-state index is 1.09. The van der Waals surface area contributed by atoms with E-state index in [2.05, 4.69) is 252 Å². The first-order chi connectivity index (χ1) is 30.7. The topological polar surface area (TPSA) is 8.17 Å². The summed E-state index contributed by atoms with van der Waals surface area (Å²) >= 11 is 0. The van der Waals surface area contributed by atoms with Crippen molar-refractivity contribution in [2.45, 2.75) is 0 Å². The Bertz CT molecular complexity index is 3640. The molecular weight excluding hydrogens is 749 g/mol. The molecule has 0 atom stereocenters. The van der Waals surface area contributed by atoms with Gasteiger partial charge in [0, 0.05) is 33.4 Å². The lowest BCUT2D eigenvalue weighted by molar-refractivity contribution is 1.18. The third-order valence-corrected chi connectivity index (χ3v) is 12.6. The van der Waals surface area contributed by atoms with Crippen LogP contribution in [0.5, 0.6) is 0 Å². The van der Waals surface area contributed by atoms with Crippen molar-refractivity contribution in [1.82, 2.24) is 4.57 Å². The molecule has 0 fully saturated rings. The van der Waals surface area contributed by atoms with E-state index in [0.29, 0.717) is 0 Å². The standard InChI is InChI=1S/C60H40N2/c1-2-18-48(19-3-1)62-59-27-11-9-23-56(59)57-40-47(33-37-60(57)62)53-22-8-10-26-58(53)61(50-20-12-17-45(39-50)46-29-28-41-14-4-5-16-44(41)38-46)49-34-30-43(31-35-49)52-24-13-25-54-51-21-7-6-15-42(51)32-36-55(52)54/h1-40H. The highest BCUT2D eigenvalue weighted by atomic mass is 15.1. The molecule has 0 N–H and O–H groups in total. The van der Waals surface area contributed by atoms with Gasteiger partial charge in [-0.2, -0.15) is 0 Å². The van der Waals surface area contributed by atoms with E-state index < -0.39 is 0 Å². The number of hydrogen-bond donors (Lipinski definition) is 0. The van der Waals surface area contributed by atoms with E-state index in [4.69, 9.17) is 0 Å². The quantitative estimate of drug-likeness (QED) is 0.146. The van der Waals surface area contributed by atoms with Crippen molar-refractivity contribution >= 4 is 71.2 Å². The Labute approximate surface area is 360 Å². The van der Waals surface area contributed by atoms with Crippen LogP contribution < -0.4 is 4.90 Å². The average Bonchev–Trinajstić information content (AvgIpc) is 3.68. The molecule has 0 spiro atoms. The third kappa shape index (κ3) is 6.04. The van der Waals surface area contributed by atoms with Gasteiger partial charge in [0.05, 0.1) is 16.7 Å². The molecule has 0 aliphatic heterocycles. The van der Waals surface area contributed by atoms with E-state index in [1.165, 1.54) is 81.9 Å². The second kappa shape index (κ2) is 14.8. The summed E-state index contributed by atoms with van der Waals surface area (Å²) in [7, 11) is 0. The van der Waals surface area contributed by atoms with Crippen LogP contribution in [0.3, 0.4) is 0 Å². The van der Waals surface area contributed by atoms with Gasteiger partial charge in [-0.25, -0.2) is 0 Å². The molecule has 0 bridgehead atoms. The van der Waals surface area contributed by atoms with E-state index in [9.17, 15) is 0 Å². The summed E-state index contributed by atoms with van der Waals surface area (Å²) in [6, 6.07) is 88.6. The zero-order valence-corrected chi connectivity index (χ0v) is 34.0.